The minimum atomic E-state index is -0.734. The van der Waals surface area contributed by atoms with Gasteiger partial charge in [0, 0.05) is 17.3 Å². The third-order valence-corrected chi connectivity index (χ3v) is 6.37. The Morgan fingerprint density at radius 2 is 1.86 bits per heavy atom. The summed E-state index contributed by atoms with van der Waals surface area (Å²) < 4.78 is 7.26. The van der Waals surface area contributed by atoms with E-state index in [0.717, 1.165) is 27.8 Å². The Bertz CT molecular complexity index is 1420. The molecule has 0 fully saturated rings. The molecule has 182 valence electrons. The summed E-state index contributed by atoms with van der Waals surface area (Å²) >= 11 is 6.01. The maximum absolute atomic E-state index is 13.4. The molecule has 0 unspecified atom stereocenters. The van der Waals surface area contributed by atoms with E-state index in [1.54, 1.807) is 31.2 Å². The van der Waals surface area contributed by atoms with Gasteiger partial charge in [0.1, 0.15) is 0 Å². The molecule has 0 atom stereocenters. The molecule has 1 heterocycles. The first-order chi connectivity index (χ1) is 16.8. The molecule has 2 aromatic carbocycles. The van der Waals surface area contributed by atoms with Crippen LogP contribution in [0.5, 0.6) is 0 Å². The van der Waals surface area contributed by atoms with Crippen molar-refractivity contribution in [2.45, 2.75) is 46.7 Å². The Balaban J connectivity index is 1.73. The molecule has 3 aromatic rings. The lowest BCUT2D eigenvalue weighted by molar-refractivity contribution is -0.143. The van der Waals surface area contributed by atoms with Crippen LogP contribution in [0, 0.1) is 0 Å². The molecule has 4 rings (SSSR count). The quantitative estimate of drug-likeness (QED) is 0.472. The first-order valence-electron chi connectivity index (χ1n) is 11.4. The number of allylic oxidation sites excluding steroid dienone is 2. The summed E-state index contributed by atoms with van der Waals surface area (Å²) in [6, 6.07) is 13.0. The first-order valence-corrected chi connectivity index (χ1v) is 11.8. The number of nitrogens with one attached hydrogen (secondary N) is 1. The van der Waals surface area contributed by atoms with Gasteiger partial charge >= 0.3 is 17.3 Å². The average molecular weight is 495 g/mol. The van der Waals surface area contributed by atoms with Crippen LogP contribution in [-0.2, 0) is 29.0 Å². The van der Waals surface area contributed by atoms with Crippen LogP contribution in [0.1, 0.15) is 43.9 Å². The van der Waals surface area contributed by atoms with Crippen LogP contribution in [0.4, 0.5) is 11.6 Å². The number of esters is 1. The van der Waals surface area contributed by atoms with E-state index in [0.29, 0.717) is 5.02 Å². The summed E-state index contributed by atoms with van der Waals surface area (Å²) in [7, 11) is 0. The van der Waals surface area contributed by atoms with E-state index in [-0.39, 0.29) is 32.1 Å². The average Bonchev–Trinajstić information content (AvgIpc) is 3.11. The molecule has 0 aliphatic heterocycles. The molecule has 1 N–H and O–H groups in total. The van der Waals surface area contributed by atoms with Crippen molar-refractivity contribution in [1.29, 1.82) is 0 Å². The number of rotatable bonds is 8. The van der Waals surface area contributed by atoms with Gasteiger partial charge in [-0.15, -0.1) is 0 Å². The molecule has 0 saturated heterocycles. The van der Waals surface area contributed by atoms with Crippen molar-refractivity contribution in [3.63, 3.8) is 0 Å². The smallest absolute Gasteiger partial charge is 0.354 e. The number of carbonyl (C=O) groups excluding carboxylic acids is 1. The molecule has 0 saturated carbocycles. The van der Waals surface area contributed by atoms with E-state index >= 15 is 0 Å². The number of hydrogen-bond acceptors (Lipinski definition) is 6. The molecule has 35 heavy (non-hydrogen) atoms. The summed E-state index contributed by atoms with van der Waals surface area (Å²) in [5.41, 5.74) is 5.15. The zero-order valence-corrected chi connectivity index (χ0v) is 20.7. The van der Waals surface area contributed by atoms with Gasteiger partial charge in [0.15, 0.2) is 0 Å². The highest BCUT2D eigenvalue weighted by atomic mass is 35.5. The largest absolute Gasteiger partial charge is 0.466 e. The number of halogens is 1. The Morgan fingerprint density at radius 3 is 2.57 bits per heavy atom. The van der Waals surface area contributed by atoms with Crippen LogP contribution >= 0.6 is 11.6 Å². The van der Waals surface area contributed by atoms with Crippen LogP contribution in [0.25, 0.3) is 5.57 Å². The minimum absolute atomic E-state index is 0.103. The van der Waals surface area contributed by atoms with Crippen molar-refractivity contribution in [1.82, 2.24) is 14.1 Å². The van der Waals surface area contributed by atoms with Gasteiger partial charge in [-0.05, 0) is 73.7 Å². The van der Waals surface area contributed by atoms with E-state index in [1.165, 1.54) is 21.3 Å². The monoisotopic (exact) mass is 494 g/mol. The summed E-state index contributed by atoms with van der Waals surface area (Å²) in [6.45, 7) is 6.17. The van der Waals surface area contributed by atoms with Gasteiger partial charge in [-0.2, -0.15) is 4.98 Å². The number of fused-ring (bicyclic) bond motifs is 1. The van der Waals surface area contributed by atoms with Crippen molar-refractivity contribution in [3.8, 4) is 0 Å². The molecule has 1 aliphatic rings. The number of ether oxygens (including phenoxy) is 1. The second-order valence-electron chi connectivity index (χ2n) is 8.50. The molecule has 0 bridgehead atoms. The van der Waals surface area contributed by atoms with E-state index in [1.807, 2.05) is 18.2 Å². The number of hydrogen-bond donors (Lipinski definition) is 1. The number of nitrogens with zero attached hydrogens (tertiary/aromatic N) is 3. The van der Waals surface area contributed by atoms with E-state index in [2.05, 4.69) is 24.1 Å². The molecule has 0 amide bonds. The van der Waals surface area contributed by atoms with Gasteiger partial charge < -0.3 is 10.1 Å². The van der Waals surface area contributed by atoms with Gasteiger partial charge in [0.05, 0.1) is 19.6 Å². The second kappa shape index (κ2) is 10.3. The highest BCUT2D eigenvalue weighted by molar-refractivity contribution is 6.30. The third kappa shape index (κ3) is 5.38. The SMILES string of the molecule is CCOC(=O)CCn1c(=O)nc(Nc2ccc3c(c2)C(C)=C(C)C3)n(Cc2ccc(Cl)cc2)c1=O. The van der Waals surface area contributed by atoms with Crippen LogP contribution in [0.15, 0.2) is 57.6 Å². The molecule has 1 aromatic heterocycles. The number of benzene rings is 2. The Labute approximate surface area is 207 Å². The minimum Gasteiger partial charge on any atom is -0.466 e. The van der Waals surface area contributed by atoms with Crippen LogP contribution in [0.3, 0.4) is 0 Å². The maximum atomic E-state index is 13.4. The second-order valence-corrected chi connectivity index (χ2v) is 8.94. The molecular weight excluding hydrogens is 468 g/mol. The van der Waals surface area contributed by atoms with Crippen LogP contribution in [0.2, 0.25) is 5.02 Å². The predicted molar refractivity (Wildman–Crippen MR) is 136 cm³/mol. The van der Waals surface area contributed by atoms with E-state index in [4.69, 9.17) is 16.3 Å². The molecular formula is C26H27ClN4O4. The van der Waals surface area contributed by atoms with Gasteiger partial charge in [-0.1, -0.05) is 35.4 Å². The Hall–Kier alpha value is -3.65. The standard InChI is InChI=1S/C26H27ClN4O4/c1-4-35-23(32)11-12-30-25(33)29-24(31(26(30)34)15-18-5-8-20(27)9-6-18)28-21-10-7-19-13-16(2)17(3)22(19)14-21/h5-10,14H,4,11-13,15H2,1-3H3,(H,28,29,33). The van der Waals surface area contributed by atoms with Gasteiger partial charge in [-0.3, -0.25) is 9.36 Å². The van der Waals surface area contributed by atoms with Gasteiger partial charge in [0.25, 0.3) is 0 Å². The van der Waals surface area contributed by atoms with E-state index in [9.17, 15) is 14.4 Å². The lowest BCUT2D eigenvalue weighted by atomic mass is 10.1. The summed E-state index contributed by atoms with van der Waals surface area (Å²) in [5, 5.41) is 3.74. The fourth-order valence-electron chi connectivity index (χ4n) is 4.10. The normalized spacial score (nSPS) is 12.6. The van der Waals surface area contributed by atoms with Gasteiger partial charge in [0.2, 0.25) is 5.95 Å². The summed E-state index contributed by atoms with van der Waals surface area (Å²) in [4.78, 5) is 42.1. The maximum Gasteiger partial charge on any atom is 0.354 e. The Kier molecular flexibility index (Phi) is 7.21. The summed E-state index contributed by atoms with van der Waals surface area (Å²) in [5.74, 6) is -0.360. The summed E-state index contributed by atoms with van der Waals surface area (Å²) in [6.07, 6.45) is 0.811. The van der Waals surface area contributed by atoms with E-state index < -0.39 is 17.3 Å². The van der Waals surface area contributed by atoms with Crippen molar-refractivity contribution >= 4 is 34.8 Å². The van der Waals surface area contributed by atoms with Crippen molar-refractivity contribution in [3.05, 3.63) is 90.7 Å². The first kappa shape index (κ1) is 24.5. The molecule has 0 radical (unpaired) electrons. The molecule has 8 nitrogen and oxygen atoms in total. The molecule has 0 spiro atoms. The van der Waals surface area contributed by atoms with Crippen LogP contribution in [-0.4, -0.2) is 26.7 Å². The lowest BCUT2D eigenvalue weighted by Crippen LogP contribution is -2.43. The molecule has 9 heteroatoms. The zero-order valence-electron chi connectivity index (χ0n) is 19.9. The fourth-order valence-corrected chi connectivity index (χ4v) is 4.23. The lowest BCUT2D eigenvalue weighted by Gasteiger charge is -2.16. The predicted octanol–water partition coefficient (Wildman–Crippen LogP) is 4.15. The topological polar surface area (TPSA) is 95.2 Å². The zero-order chi connectivity index (χ0) is 25.1. The molecule has 1 aliphatic carbocycles. The number of carbonyl (C=O) groups is 1. The third-order valence-electron chi connectivity index (χ3n) is 6.11. The van der Waals surface area contributed by atoms with Gasteiger partial charge in [-0.25, -0.2) is 14.2 Å². The van der Waals surface area contributed by atoms with Crippen molar-refractivity contribution < 1.29 is 9.53 Å². The van der Waals surface area contributed by atoms with Crippen LogP contribution < -0.4 is 16.7 Å². The fraction of sp³-hybridized carbons (Fsp3) is 0.308. The number of aromatic nitrogens is 3. The highest BCUT2D eigenvalue weighted by Gasteiger charge is 2.18. The Morgan fingerprint density at radius 1 is 1.11 bits per heavy atom. The van der Waals surface area contributed by atoms with Crippen molar-refractivity contribution in [2.24, 2.45) is 0 Å². The number of anilines is 2. The van der Waals surface area contributed by atoms with Crippen molar-refractivity contribution in [2.75, 3.05) is 11.9 Å². The highest BCUT2D eigenvalue weighted by Crippen LogP contribution is 2.34.